The largest absolute Gasteiger partial charge is 0.381 e. The second-order valence-electron chi connectivity index (χ2n) is 7.77. The fourth-order valence-electron chi connectivity index (χ4n) is 3.11. The molecule has 0 spiro atoms. The Morgan fingerprint density at radius 1 is 0.857 bits per heavy atom. The van der Waals surface area contributed by atoms with Gasteiger partial charge in [-0.3, -0.25) is 4.18 Å². The SMILES string of the molecule is CCCCOCCCNc1nc(Nc2ccccc2)nc(Nc2ccc(C)c(S(=O)(=O)OC)c2)n1. The molecular weight excluding hydrogens is 468 g/mol. The lowest BCUT2D eigenvalue weighted by Gasteiger charge is -2.13. The van der Waals surface area contributed by atoms with E-state index in [0.29, 0.717) is 36.3 Å². The molecule has 10 nitrogen and oxygen atoms in total. The molecule has 0 saturated heterocycles. The number of nitrogens with one attached hydrogen (secondary N) is 3. The third-order valence-corrected chi connectivity index (χ3v) is 6.41. The van der Waals surface area contributed by atoms with Crippen LogP contribution in [-0.2, 0) is 19.0 Å². The van der Waals surface area contributed by atoms with Gasteiger partial charge >= 0.3 is 0 Å². The maximum atomic E-state index is 12.2. The van der Waals surface area contributed by atoms with Gasteiger partial charge in [-0.25, -0.2) is 0 Å². The second-order valence-corrected chi connectivity index (χ2v) is 9.45. The smallest absolute Gasteiger partial charge is 0.297 e. The standard InChI is InChI=1S/C24H32N6O4S/c1-4-5-15-34-16-9-14-25-22-28-23(26-19-10-7-6-8-11-19)30-24(29-22)27-20-13-12-18(2)21(17-20)35(31,32)33-3/h6-8,10-13,17H,4-5,9,14-16H2,1-3H3,(H3,25,26,27,28,29,30). The Morgan fingerprint density at radius 3 is 2.20 bits per heavy atom. The number of hydrogen-bond donors (Lipinski definition) is 3. The van der Waals surface area contributed by atoms with Crippen LogP contribution >= 0.6 is 0 Å². The van der Waals surface area contributed by atoms with Gasteiger partial charge in [0.1, 0.15) is 0 Å². The van der Waals surface area contributed by atoms with E-state index >= 15 is 0 Å². The first-order chi connectivity index (χ1) is 16.9. The summed E-state index contributed by atoms with van der Waals surface area (Å²) in [5.41, 5.74) is 1.89. The summed E-state index contributed by atoms with van der Waals surface area (Å²) in [5, 5.41) is 9.44. The van der Waals surface area contributed by atoms with Crippen molar-refractivity contribution < 1.29 is 17.3 Å². The highest BCUT2D eigenvalue weighted by atomic mass is 32.2. The predicted octanol–water partition coefficient (Wildman–Crippen LogP) is 4.62. The van der Waals surface area contributed by atoms with Crippen molar-refractivity contribution in [2.45, 2.75) is 38.0 Å². The monoisotopic (exact) mass is 500 g/mol. The summed E-state index contributed by atoms with van der Waals surface area (Å²) < 4.78 is 34.8. The number of ether oxygens (including phenoxy) is 1. The fraction of sp³-hybridized carbons (Fsp3) is 0.375. The van der Waals surface area contributed by atoms with Gasteiger partial charge in [-0.15, -0.1) is 0 Å². The molecule has 35 heavy (non-hydrogen) atoms. The van der Waals surface area contributed by atoms with Crippen LogP contribution in [0.4, 0.5) is 29.2 Å². The molecule has 11 heteroatoms. The van der Waals surface area contributed by atoms with E-state index in [1.54, 1.807) is 19.1 Å². The molecule has 0 amide bonds. The minimum absolute atomic E-state index is 0.0723. The van der Waals surface area contributed by atoms with E-state index in [-0.39, 0.29) is 10.8 Å². The summed E-state index contributed by atoms with van der Waals surface area (Å²) in [4.78, 5) is 13.4. The highest BCUT2D eigenvalue weighted by Gasteiger charge is 2.17. The Morgan fingerprint density at radius 2 is 1.51 bits per heavy atom. The van der Waals surface area contributed by atoms with Gasteiger partial charge < -0.3 is 20.7 Å². The van der Waals surface area contributed by atoms with Crippen molar-refractivity contribution in [2.75, 3.05) is 42.8 Å². The second kappa shape index (κ2) is 13.0. The van der Waals surface area contributed by atoms with Crippen LogP contribution in [0.3, 0.4) is 0 Å². The Labute approximate surface area is 206 Å². The predicted molar refractivity (Wildman–Crippen MR) is 137 cm³/mol. The Balaban J connectivity index is 1.78. The van der Waals surface area contributed by atoms with Gasteiger partial charge in [0, 0.05) is 31.1 Å². The van der Waals surface area contributed by atoms with Crippen molar-refractivity contribution in [2.24, 2.45) is 0 Å². The molecule has 3 N–H and O–H groups in total. The third-order valence-electron chi connectivity index (χ3n) is 4.99. The molecule has 0 aliphatic carbocycles. The topological polar surface area (TPSA) is 127 Å². The number of nitrogens with zero attached hydrogens (tertiary/aromatic N) is 3. The van der Waals surface area contributed by atoms with Crippen LogP contribution in [0.25, 0.3) is 0 Å². The van der Waals surface area contributed by atoms with E-state index in [9.17, 15) is 8.42 Å². The van der Waals surface area contributed by atoms with Crippen molar-refractivity contribution in [1.82, 2.24) is 15.0 Å². The van der Waals surface area contributed by atoms with Gasteiger partial charge in [-0.1, -0.05) is 37.6 Å². The number of anilines is 5. The first-order valence-corrected chi connectivity index (χ1v) is 12.9. The van der Waals surface area contributed by atoms with Gasteiger partial charge in [-0.05, 0) is 49.6 Å². The van der Waals surface area contributed by atoms with Crippen LogP contribution in [0.2, 0.25) is 0 Å². The van der Waals surface area contributed by atoms with Gasteiger partial charge in [0.25, 0.3) is 10.1 Å². The lowest BCUT2D eigenvalue weighted by atomic mass is 10.2. The molecule has 2 aromatic carbocycles. The van der Waals surface area contributed by atoms with Gasteiger partial charge in [0.2, 0.25) is 17.8 Å². The van der Waals surface area contributed by atoms with Crippen LogP contribution in [0, 0.1) is 6.92 Å². The average molecular weight is 501 g/mol. The summed E-state index contributed by atoms with van der Waals surface area (Å²) in [7, 11) is -2.72. The van der Waals surface area contributed by atoms with E-state index < -0.39 is 10.1 Å². The zero-order valence-corrected chi connectivity index (χ0v) is 21.1. The molecule has 1 heterocycles. The number of unbranched alkanes of at least 4 members (excludes halogenated alkanes) is 1. The molecule has 0 atom stereocenters. The lowest BCUT2D eigenvalue weighted by Crippen LogP contribution is -2.12. The zero-order valence-electron chi connectivity index (χ0n) is 20.2. The van der Waals surface area contributed by atoms with Gasteiger partial charge in [-0.2, -0.15) is 23.4 Å². The van der Waals surface area contributed by atoms with Crippen LogP contribution in [0.1, 0.15) is 31.7 Å². The number of aromatic nitrogens is 3. The van der Waals surface area contributed by atoms with E-state index in [1.165, 1.54) is 6.07 Å². The molecule has 0 aliphatic heterocycles. The number of benzene rings is 2. The fourth-order valence-corrected chi connectivity index (χ4v) is 4.02. The molecule has 0 radical (unpaired) electrons. The first kappa shape index (κ1) is 26.3. The van der Waals surface area contributed by atoms with E-state index in [2.05, 4.69) is 42.0 Å². The van der Waals surface area contributed by atoms with Crippen LogP contribution in [-0.4, -0.2) is 50.2 Å². The number of rotatable bonds is 14. The highest BCUT2D eigenvalue weighted by molar-refractivity contribution is 7.86. The number of para-hydroxylation sites is 1. The minimum Gasteiger partial charge on any atom is -0.381 e. The van der Waals surface area contributed by atoms with Crippen LogP contribution in [0.5, 0.6) is 0 Å². The quantitative estimate of drug-likeness (QED) is 0.213. The zero-order chi connectivity index (χ0) is 25.1. The summed E-state index contributed by atoms with van der Waals surface area (Å²) >= 11 is 0. The molecule has 0 fully saturated rings. The summed E-state index contributed by atoms with van der Waals surface area (Å²) in [6.07, 6.45) is 2.96. The Bertz CT molecular complexity index is 1190. The minimum atomic E-state index is -3.85. The molecular formula is C24H32N6O4S. The maximum absolute atomic E-state index is 12.2. The molecule has 0 unspecified atom stereocenters. The Hall–Kier alpha value is -3.28. The molecule has 0 saturated carbocycles. The van der Waals surface area contributed by atoms with Crippen molar-refractivity contribution in [1.29, 1.82) is 0 Å². The Kier molecular flexibility index (Phi) is 9.76. The van der Waals surface area contributed by atoms with Gasteiger partial charge in [0.05, 0.1) is 12.0 Å². The average Bonchev–Trinajstić information content (AvgIpc) is 2.85. The number of aryl methyl sites for hydroxylation is 1. The molecule has 0 aliphatic rings. The van der Waals surface area contributed by atoms with E-state index in [0.717, 1.165) is 38.7 Å². The van der Waals surface area contributed by atoms with E-state index in [1.807, 2.05) is 30.3 Å². The molecule has 3 rings (SSSR count). The third kappa shape index (κ3) is 8.16. The molecule has 0 bridgehead atoms. The van der Waals surface area contributed by atoms with Gasteiger partial charge in [0.15, 0.2) is 0 Å². The molecule has 1 aromatic heterocycles. The van der Waals surface area contributed by atoms with Crippen molar-refractivity contribution in [3.63, 3.8) is 0 Å². The summed E-state index contributed by atoms with van der Waals surface area (Å²) in [6, 6.07) is 14.5. The highest BCUT2D eigenvalue weighted by Crippen LogP contribution is 2.24. The summed E-state index contributed by atoms with van der Waals surface area (Å²) in [6.45, 7) is 5.87. The molecule has 188 valence electrons. The van der Waals surface area contributed by atoms with Crippen LogP contribution < -0.4 is 16.0 Å². The number of hydrogen-bond acceptors (Lipinski definition) is 10. The van der Waals surface area contributed by atoms with Crippen molar-refractivity contribution >= 4 is 39.3 Å². The lowest BCUT2D eigenvalue weighted by molar-refractivity contribution is 0.131. The maximum Gasteiger partial charge on any atom is 0.297 e. The van der Waals surface area contributed by atoms with Crippen molar-refractivity contribution in [3.05, 3.63) is 54.1 Å². The van der Waals surface area contributed by atoms with E-state index in [4.69, 9.17) is 4.74 Å². The van der Waals surface area contributed by atoms with Crippen LogP contribution in [0.15, 0.2) is 53.4 Å². The first-order valence-electron chi connectivity index (χ1n) is 11.5. The summed E-state index contributed by atoms with van der Waals surface area (Å²) in [5.74, 6) is 0.975. The van der Waals surface area contributed by atoms with Crippen molar-refractivity contribution in [3.8, 4) is 0 Å². The normalized spacial score (nSPS) is 11.3. The molecule has 3 aromatic rings.